The Hall–Kier alpha value is -4.41. The number of nitrogens with zero attached hydrogens (tertiary/aromatic N) is 1. The van der Waals surface area contributed by atoms with Gasteiger partial charge in [-0.05, 0) is 59.7 Å². The van der Waals surface area contributed by atoms with Gasteiger partial charge >= 0.3 is 12.1 Å². The minimum Gasteiger partial charge on any atom is -0.481 e. The van der Waals surface area contributed by atoms with Crippen LogP contribution in [0.4, 0.5) is 13.2 Å². The monoisotopic (exact) mass is 606 g/mol. The van der Waals surface area contributed by atoms with Crippen LogP contribution < -0.4 is 0 Å². The number of carboxylic acids is 1. The molecule has 5 aromatic rings. The zero-order chi connectivity index (χ0) is 31.0. The van der Waals surface area contributed by atoms with E-state index in [1.54, 1.807) is 62.4 Å². The molecule has 0 fully saturated rings. The van der Waals surface area contributed by atoms with Crippen LogP contribution in [0.25, 0.3) is 21.9 Å². The molecule has 4 aromatic carbocycles. The molecule has 1 aromatic heterocycles. The van der Waals surface area contributed by atoms with Crippen molar-refractivity contribution in [2.24, 2.45) is 0 Å². The van der Waals surface area contributed by atoms with Gasteiger partial charge < -0.3 is 9.52 Å². The number of benzene rings is 4. The van der Waals surface area contributed by atoms with Gasteiger partial charge in [0.05, 0.1) is 16.9 Å². The number of hydrogen-bond acceptors (Lipinski definition) is 4. The summed E-state index contributed by atoms with van der Waals surface area (Å²) < 4.78 is 69.4. The molecule has 1 heterocycles. The second-order valence-electron chi connectivity index (χ2n) is 10.8. The Morgan fingerprint density at radius 3 is 2.21 bits per heavy atom. The third kappa shape index (κ3) is 6.21. The summed E-state index contributed by atoms with van der Waals surface area (Å²) in [5, 5.41) is 11.0. The van der Waals surface area contributed by atoms with E-state index >= 15 is 0 Å². The highest BCUT2D eigenvalue weighted by Gasteiger charge is 2.35. The molecule has 0 saturated carbocycles. The summed E-state index contributed by atoms with van der Waals surface area (Å²) in [7, 11) is -3.71. The number of hydrogen-bond donors (Lipinski definition) is 2. The first-order valence-corrected chi connectivity index (χ1v) is 14.9. The molecule has 43 heavy (non-hydrogen) atoms. The Balaban J connectivity index is 1.49. The van der Waals surface area contributed by atoms with Crippen molar-refractivity contribution < 1.29 is 31.7 Å². The Labute approximate surface area is 247 Å². The van der Waals surface area contributed by atoms with Gasteiger partial charge in [-0.2, -0.15) is 13.2 Å². The lowest BCUT2D eigenvalue weighted by atomic mass is 9.83. The van der Waals surface area contributed by atoms with Gasteiger partial charge in [-0.25, -0.2) is 13.3 Å². The van der Waals surface area contributed by atoms with Gasteiger partial charge in [0.15, 0.2) is 0 Å². The molecular weight excluding hydrogens is 577 g/mol. The van der Waals surface area contributed by atoms with Crippen molar-refractivity contribution in [2.75, 3.05) is 0 Å². The Bertz CT molecular complexity index is 1890. The zero-order valence-corrected chi connectivity index (χ0v) is 24.2. The number of carbonyl (C=O) groups is 1. The molecule has 0 aliphatic rings. The van der Waals surface area contributed by atoms with Crippen molar-refractivity contribution >= 4 is 26.7 Å². The van der Waals surface area contributed by atoms with E-state index in [1.165, 1.54) is 10.4 Å². The lowest BCUT2D eigenvalue weighted by Crippen LogP contribution is -2.29. The van der Waals surface area contributed by atoms with Gasteiger partial charge in [-0.3, -0.25) is 4.79 Å². The van der Waals surface area contributed by atoms with Gasteiger partial charge in [0.2, 0.25) is 5.76 Å². The SMILES string of the molecule is CC(C)(C(=O)O)c1cccc(-c2ccc(CN(Cc3ccc(C(F)(F)F)o3)S(=N)(=O)c3cccc4ccccc34)cc2)c1. The lowest BCUT2D eigenvalue weighted by Gasteiger charge is -2.25. The Morgan fingerprint density at radius 2 is 1.53 bits per heavy atom. The van der Waals surface area contributed by atoms with Crippen LogP contribution in [0.2, 0.25) is 0 Å². The highest BCUT2D eigenvalue weighted by molar-refractivity contribution is 7.90. The van der Waals surface area contributed by atoms with Crippen molar-refractivity contribution in [1.82, 2.24) is 4.31 Å². The van der Waals surface area contributed by atoms with Crippen LogP contribution in [0, 0.1) is 4.78 Å². The molecule has 2 N–H and O–H groups in total. The van der Waals surface area contributed by atoms with Crippen LogP contribution in [0.5, 0.6) is 0 Å². The summed E-state index contributed by atoms with van der Waals surface area (Å²) in [6, 6.07) is 28.9. The van der Waals surface area contributed by atoms with E-state index in [1.807, 2.05) is 42.5 Å². The molecule has 0 amide bonds. The average molecular weight is 607 g/mol. The van der Waals surface area contributed by atoms with Gasteiger partial charge in [-0.1, -0.05) is 84.9 Å². The first kappa shape index (κ1) is 30.1. The van der Waals surface area contributed by atoms with Crippen LogP contribution in [0.3, 0.4) is 0 Å². The molecular formula is C33H29F3N2O4S. The molecule has 0 bridgehead atoms. The number of nitrogens with one attached hydrogen (secondary N) is 1. The number of aliphatic carboxylic acids is 1. The van der Waals surface area contributed by atoms with Crippen molar-refractivity contribution in [3.63, 3.8) is 0 Å². The van der Waals surface area contributed by atoms with Crippen LogP contribution in [0.15, 0.2) is 112 Å². The smallest absolute Gasteiger partial charge is 0.449 e. The van der Waals surface area contributed by atoms with Crippen LogP contribution in [0.1, 0.15) is 36.5 Å². The lowest BCUT2D eigenvalue weighted by molar-refractivity contribution is -0.153. The molecule has 1 unspecified atom stereocenters. The number of fused-ring (bicyclic) bond motifs is 1. The van der Waals surface area contributed by atoms with Crippen LogP contribution in [-0.2, 0) is 39.4 Å². The first-order valence-electron chi connectivity index (χ1n) is 13.4. The topological polar surface area (TPSA) is 94.6 Å². The summed E-state index contributed by atoms with van der Waals surface area (Å²) >= 11 is 0. The van der Waals surface area contributed by atoms with E-state index < -0.39 is 33.2 Å². The van der Waals surface area contributed by atoms with E-state index in [0.29, 0.717) is 16.5 Å². The number of carboxylic acid groups (broad SMARTS) is 1. The van der Waals surface area contributed by atoms with Gasteiger partial charge in [0.1, 0.15) is 15.7 Å². The molecule has 1 atom stereocenters. The van der Waals surface area contributed by atoms with Gasteiger partial charge in [-0.15, -0.1) is 0 Å². The highest BCUT2D eigenvalue weighted by atomic mass is 32.2. The van der Waals surface area contributed by atoms with E-state index in [-0.39, 0.29) is 23.7 Å². The minimum atomic E-state index is -4.67. The largest absolute Gasteiger partial charge is 0.481 e. The summed E-state index contributed by atoms with van der Waals surface area (Å²) in [4.78, 5) is 12.0. The molecule has 0 radical (unpaired) electrons. The second kappa shape index (κ2) is 11.3. The average Bonchev–Trinajstić information content (AvgIpc) is 3.46. The molecule has 0 aliphatic carbocycles. The fourth-order valence-electron chi connectivity index (χ4n) is 4.82. The minimum absolute atomic E-state index is 0.0139. The van der Waals surface area contributed by atoms with E-state index in [4.69, 9.17) is 9.20 Å². The number of halogens is 3. The Kier molecular flexibility index (Phi) is 7.93. The molecule has 0 spiro atoms. The fraction of sp³-hybridized carbons (Fsp3) is 0.182. The quantitative estimate of drug-likeness (QED) is 0.176. The predicted molar refractivity (Wildman–Crippen MR) is 159 cm³/mol. The second-order valence-corrected chi connectivity index (χ2v) is 12.8. The van der Waals surface area contributed by atoms with Crippen LogP contribution >= 0.6 is 0 Å². The summed E-state index contributed by atoms with van der Waals surface area (Å²) in [6.07, 6.45) is -4.67. The summed E-state index contributed by atoms with van der Waals surface area (Å²) in [5.41, 5.74) is 1.87. The molecule has 0 aliphatic heterocycles. The summed E-state index contributed by atoms with van der Waals surface area (Å²) in [5.74, 6) is -2.17. The van der Waals surface area contributed by atoms with Crippen molar-refractivity contribution in [2.45, 2.75) is 43.4 Å². The van der Waals surface area contributed by atoms with E-state index in [9.17, 15) is 27.3 Å². The van der Waals surface area contributed by atoms with E-state index in [0.717, 1.165) is 22.6 Å². The maximum atomic E-state index is 14.3. The van der Waals surface area contributed by atoms with Gasteiger partial charge in [0.25, 0.3) is 0 Å². The standard InChI is InChI=1S/C33H29F3N2O4S/c1-32(2,31(39)40)26-10-5-9-25(19-26)23-15-13-22(14-16-23)20-38(21-27-17-18-30(42-27)33(34,35)36)43(37,41)29-12-6-8-24-7-3-4-11-28(24)29/h3-19,37H,20-21H2,1-2H3,(H,39,40). The predicted octanol–water partition coefficient (Wildman–Crippen LogP) is 8.50. The number of rotatable bonds is 9. The zero-order valence-electron chi connectivity index (χ0n) is 23.4. The van der Waals surface area contributed by atoms with Crippen molar-refractivity contribution in [3.05, 3.63) is 126 Å². The third-order valence-electron chi connectivity index (χ3n) is 7.45. The molecule has 6 nitrogen and oxygen atoms in total. The molecule has 0 saturated heterocycles. The number of alkyl halides is 3. The fourth-order valence-corrected chi connectivity index (χ4v) is 6.49. The third-order valence-corrected chi connectivity index (χ3v) is 9.39. The number of furan rings is 1. The maximum absolute atomic E-state index is 14.3. The van der Waals surface area contributed by atoms with Crippen molar-refractivity contribution in [1.29, 1.82) is 4.78 Å². The normalized spacial score (nSPS) is 13.7. The molecule has 5 rings (SSSR count). The molecule has 10 heteroatoms. The van der Waals surface area contributed by atoms with Crippen LogP contribution in [-0.4, -0.2) is 19.6 Å². The maximum Gasteiger partial charge on any atom is 0.449 e. The molecule has 222 valence electrons. The summed E-state index contributed by atoms with van der Waals surface area (Å²) in [6.45, 7) is 2.96. The van der Waals surface area contributed by atoms with Crippen molar-refractivity contribution in [3.8, 4) is 11.1 Å². The Morgan fingerprint density at radius 1 is 0.860 bits per heavy atom. The highest BCUT2D eigenvalue weighted by Crippen LogP contribution is 2.34. The first-order chi connectivity index (χ1) is 20.3. The van der Waals surface area contributed by atoms with Gasteiger partial charge in [0, 0.05) is 11.9 Å². The van der Waals surface area contributed by atoms with E-state index in [2.05, 4.69) is 0 Å².